The molecule has 0 fully saturated rings. The topological polar surface area (TPSA) is 36.9 Å². The van der Waals surface area contributed by atoms with Gasteiger partial charge in [0, 0.05) is 36.6 Å². The van der Waals surface area contributed by atoms with Crippen LogP contribution < -0.4 is 10.1 Å². The number of rotatable bonds is 2. The van der Waals surface area contributed by atoms with Gasteiger partial charge in [-0.2, -0.15) is 0 Å². The van der Waals surface area contributed by atoms with E-state index < -0.39 is 0 Å². The van der Waals surface area contributed by atoms with Crippen molar-refractivity contribution in [3.63, 3.8) is 0 Å². The summed E-state index contributed by atoms with van der Waals surface area (Å²) in [6, 6.07) is 4.26. The van der Waals surface area contributed by atoms with Crippen LogP contribution in [0.15, 0.2) is 21.6 Å². The molecule has 0 amide bonds. The third-order valence-corrected chi connectivity index (χ3v) is 3.78. The summed E-state index contributed by atoms with van der Waals surface area (Å²) in [5.74, 6) is 2.02. The molecule has 0 radical (unpaired) electrons. The van der Waals surface area contributed by atoms with Crippen LogP contribution >= 0.6 is 39.9 Å². The fourth-order valence-electron chi connectivity index (χ4n) is 2.37. The fourth-order valence-corrected chi connectivity index (χ4v) is 2.93. The Hall–Kier alpha value is -0.500. The Morgan fingerprint density at radius 3 is 3.05 bits per heavy atom. The smallest absolute Gasteiger partial charge is 0.194 e. The Morgan fingerprint density at radius 2 is 2.32 bits per heavy atom. The number of likely N-dealkylation sites (N-methyl/N-ethyl adjacent to an activating group) is 1. The normalized spacial score (nSPS) is 16.5. The van der Waals surface area contributed by atoms with E-state index in [0.717, 1.165) is 48.8 Å². The fraction of sp³-hybridized carbons (Fsp3) is 0.462. The molecule has 0 saturated heterocycles. The molecule has 0 bridgehead atoms. The summed E-state index contributed by atoms with van der Waals surface area (Å²) < 4.78 is 6.83. The van der Waals surface area contributed by atoms with Gasteiger partial charge in [0.2, 0.25) is 0 Å². The van der Waals surface area contributed by atoms with Crippen molar-refractivity contribution in [3.8, 4) is 5.75 Å². The summed E-state index contributed by atoms with van der Waals surface area (Å²) in [7, 11) is 2.06. The largest absolute Gasteiger partial charge is 0.493 e. The Morgan fingerprint density at radius 1 is 1.47 bits per heavy atom. The summed E-state index contributed by atoms with van der Waals surface area (Å²) >= 11 is 3.56. The number of hydrogen-bond donors (Lipinski definition) is 1. The van der Waals surface area contributed by atoms with E-state index in [-0.39, 0.29) is 24.0 Å². The molecule has 104 valence electrons. The van der Waals surface area contributed by atoms with Gasteiger partial charge in [-0.1, -0.05) is 15.9 Å². The summed E-state index contributed by atoms with van der Waals surface area (Å²) in [6.45, 7) is 3.42. The summed E-state index contributed by atoms with van der Waals surface area (Å²) in [5.41, 5.74) is 2.49. The zero-order chi connectivity index (χ0) is 12.5. The minimum Gasteiger partial charge on any atom is -0.493 e. The number of hydrogen-bond acceptors (Lipinski definition) is 4. The van der Waals surface area contributed by atoms with E-state index >= 15 is 0 Å². The molecule has 6 heteroatoms. The summed E-state index contributed by atoms with van der Waals surface area (Å²) in [5, 5.41) is 3.38. The molecule has 0 aromatic heterocycles. The molecular formula is C13H17BrIN3O. The zero-order valence-corrected chi connectivity index (χ0v) is 14.7. The van der Waals surface area contributed by atoms with Gasteiger partial charge in [-0.15, -0.1) is 24.0 Å². The molecule has 2 heterocycles. The number of fused-ring (bicyclic) bond motifs is 1. The Bertz CT molecular complexity index is 507. The van der Waals surface area contributed by atoms with Crippen molar-refractivity contribution in [2.45, 2.75) is 13.0 Å². The molecule has 1 N–H and O–H groups in total. The first-order chi connectivity index (χ1) is 8.74. The molecule has 4 nitrogen and oxygen atoms in total. The van der Waals surface area contributed by atoms with Crippen LogP contribution in [0, 0.1) is 0 Å². The maximum atomic E-state index is 5.71. The predicted molar refractivity (Wildman–Crippen MR) is 90.5 cm³/mol. The molecule has 3 rings (SSSR count). The monoisotopic (exact) mass is 437 g/mol. The first-order valence-electron chi connectivity index (χ1n) is 6.17. The minimum atomic E-state index is 0. The second kappa shape index (κ2) is 6.30. The van der Waals surface area contributed by atoms with E-state index in [2.05, 4.69) is 50.3 Å². The first-order valence-corrected chi connectivity index (χ1v) is 6.97. The number of nitrogens with zero attached hydrogens (tertiary/aromatic N) is 2. The highest BCUT2D eigenvalue weighted by atomic mass is 127. The van der Waals surface area contributed by atoms with Crippen LogP contribution in [0.2, 0.25) is 0 Å². The van der Waals surface area contributed by atoms with Gasteiger partial charge in [0.25, 0.3) is 0 Å². The van der Waals surface area contributed by atoms with E-state index in [0.29, 0.717) is 0 Å². The number of ether oxygens (including phenoxy) is 1. The van der Waals surface area contributed by atoms with Gasteiger partial charge in [-0.3, -0.25) is 4.99 Å². The maximum absolute atomic E-state index is 5.71. The number of aliphatic imine (C=N–C) groups is 1. The van der Waals surface area contributed by atoms with Crippen LogP contribution in [-0.2, 0) is 13.0 Å². The summed E-state index contributed by atoms with van der Waals surface area (Å²) in [6.07, 6.45) is 1.00. The average molecular weight is 438 g/mol. The molecule has 1 aromatic carbocycles. The molecule has 1 aromatic rings. The number of guanidine groups is 1. The van der Waals surface area contributed by atoms with E-state index in [1.54, 1.807) is 0 Å². The Kier molecular flexibility index (Phi) is 4.94. The van der Waals surface area contributed by atoms with Gasteiger partial charge in [-0.25, -0.2) is 0 Å². The standard InChI is InChI=1S/C13H16BrN3O.HI/c1-17-4-3-15-13(17)16-8-10-7-11(14)6-9-2-5-18-12(9)10;/h6-7H,2-5,8H2,1H3,(H,15,16);1H. The Labute approximate surface area is 138 Å². The highest BCUT2D eigenvalue weighted by Crippen LogP contribution is 2.32. The second-order valence-electron chi connectivity index (χ2n) is 4.63. The molecule has 19 heavy (non-hydrogen) atoms. The molecule has 0 atom stereocenters. The molecule has 0 unspecified atom stereocenters. The van der Waals surface area contributed by atoms with Gasteiger partial charge in [0.05, 0.1) is 13.2 Å². The van der Waals surface area contributed by atoms with Crippen LogP contribution in [0.25, 0.3) is 0 Å². The van der Waals surface area contributed by atoms with Gasteiger partial charge in [0.15, 0.2) is 5.96 Å². The zero-order valence-electron chi connectivity index (χ0n) is 10.8. The molecule has 0 saturated carbocycles. The van der Waals surface area contributed by atoms with Crippen LogP contribution in [0.4, 0.5) is 0 Å². The van der Waals surface area contributed by atoms with Crippen molar-refractivity contribution in [1.29, 1.82) is 0 Å². The van der Waals surface area contributed by atoms with Crippen molar-refractivity contribution < 1.29 is 4.74 Å². The molecule has 0 spiro atoms. The van der Waals surface area contributed by atoms with Crippen molar-refractivity contribution in [2.24, 2.45) is 4.99 Å². The lowest BCUT2D eigenvalue weighted by molar-refractivity contribution is 0.353. The third kappa shape index (κ3) is 3.16. The minimum absolute atomic E-state index is 0. The predicted octanol–water partition coefficient (Wildman–Crippen LogP) is 2.39. The number of halogens is 2. The molecule has 2 aliphatic heterocycles. The van der Waals surface area contributed by atoms with Crippen LogP contribution in [-0.4, -0.2) is 37.6 Å². The van der Waals surface area contributed by atoms with Gasteiger partial charge >= 0.3 is 0 Å². The van der Waals surface area contributed by atoms with E-state index in [1.165, 1.54) is 11.1 Å². The van der Waals surface area contributed by atoms with E-state index in [9.17, 15) is 0 Å². The van der Waals surface area contributed by atoms with Gasteiger partial charge in [-0.05, 0) is 17.7 Å². The number of nitrogens with one attached hydrogen (secondary N) is 1. The van der Waals surface area contributed by atoms with Gasteiger partial charge < -0.3 is 15.0 Å². The molecule has 2 aliphatic rings. The van der Waals surface area contributed by atoms with Crippen LogP contribution in [0.3, 0.4) is 0 Å². The first kappa shape index (κ1) is 14.9. The van der Waals surface area contributed by atoms with Crippen LogP contribution in [0.1, 0.15) is 11.1 Å². The average Bonchev–Trinajstić information content (AvgIpc) is 2.94. The van der Waals surface area contributed by atoms with Crippen molar-refractivity contribution >= 4 is 45.9 Å². The Balaban J connectivity index is 0.00000133. The summed E-state index contributed by atoms with van der Waals surface area (Å²) in [4.78, 5) is 6.56. The quantitative estimate of drug-likeness (QED) is 0.722. The third-order valence-electron chi connectivity index (χ3n) is 3.32. The number of benzene rings is 1. The van der Waals surface area contributed by atoms with Gasteiger partial charge in [0.1, 0.15) is 5.75 Å². The lowest BCUT2D eigenvalue weighted by Gasteiger charge is -2.16. The van der Waals surface area contributed by atoms with Crippen molar-refractivity contribution in [3.05, 3.63) is 27.7 Å². The maximum Gasteiger partial charge on any atom is 0.194 e. The highest BCUT2D eigenvalue weighted by Gasteiger charge is 2.18. The SMILES string of the molecule is CN1CCN=C1NCc1cc(Br)cc2c1OCC2.I. The van der Waals surface area contributed by atoms with Crippen molar-refractivity contribution in [1.82, 2.24) is 10.2 Å². The van der Waals surface area contributed by atoms with Crippen LogP contribution in [0.5, 0.6) is 5.75 Å². The van der Waals surface area contributed by atoms with E-state index in [4.69, 9.17) is 4.74 Å². The lowest BCUT2D eigenvalue weighted by Crippen LogP contribution is -2.35. The highest BCUT2D eigenvalue weighted by molar-refractivity contribution is 14.0. The molecule has 0 aliphatic carbocycles. The van der Waals surface area contributed by atoms with Crippen molar-refractivity contribution in [2.75, 3.05) is 26.7 Å². The second-order valence-corrected chi connectivity index (χ2v) is 5.55. The molecular weight excluding hydrogens is 421 g/mol. The lowest BCUT2D eigenvalue weighted by atomic mass is 10.1. The van der Waals surface area contributed by atoms with E-state index in [1.807, 2.05) is 0 Å².